The van der Waals surface area contributed by atoms with Crippen molar-refractivity contribution < 1.29 is 4.79 Å². The summed E-state index contributed by atoms with van der Waals surface area (Å²) in [7, 11) is 0. The first kappa shape index (κ1) is 19.7. The van der Waals surface area contributed by atoms with Gasteiger partial charge in [-0.25, -0.2) is 0 Å². The van der Waals surface area contributed by atoms with E-state index >= 15 is 0 Å². The molecular weight excluding hydrogens is 358 g/mol. The molecule has 0 aliphatic heterocycles. The Hall–Kier alpha value is -2.59. The number of anilines is 1. The first-order chi connectivity index (χ1) is 14.1. The van der Waals surface area contributed by atoms with E-state index in [9.17, 15) is 4.79 Å². The standard InChI is InChI=1S/C25H31N3O/c1-3-17(2)25(29)27-20-10-12-24-22(16-20)21-15-19(9-11-23(21)28-24)26-14-13-18-7-5-4-6-8-18/h4-8,10,12,16-17,19,26,28H,3,9,11,13-15H2,1-2H3,(H,27,29). The van der Waals surface area contributed by atoms with Gasteiger partial charge in [0.25, 0.3) is 0 Å². The highest BCUT2D eigenvalue weighted by molar-refractivity contribution is 5.96. The molecule has 1 heterocycles. The van der Waals surface area contributed by atoms with Gasteiger partial charge in [0.05, 0.1) is 0 Å². The van der Waals surface area contributed by atoms with Crippen molar-refractivity contribution in [2.75, 3.05) is 11.9 Å². The van der Waals surface area contributed by atoms with Gasteiger partial charge in [-0.1, -0.05) is 44.2 Å². The molecule has 2 aromatic carbocycles. The monoisotopic (exact) mass is 389 g/mol. The fourth-order valence-corrected chi connectivity index (χ4v) is 4.19. The number of benzene rings is 2. The molecule has 1 aliphatic rings. The zero-order valence-corrected chi connectivity index (χ0v) is 17.4. The molecule has 1 amide bonds. The molecule has 3 aromatic rings. The third-order valence-corrected chi connectivity index (χ3v) is 6.20. The summed E-state index contributed by atoms with van der Waals surface area (Å²) in [4.78, 5) is 15.9. The zero-order chi connectivity index (χ0) is 20.2. The maximum absolute atomic E-state index is 12.3. The van der Waals surface area contributed by atoms with Gasteiger partial charge in [-0.05, 0) is 68.0 Å². The fourth-order valence-electron chi connectivity index (χ4n) is 4.19. The van der Waals surface area contributed by atoms with Crippen LogP contribution in [0.3, 0.4) is 0 Å². The predicted octanol–water partition coefficient (Wildman–Crippen LogP) is 4.84. The molecule has 0 saturated carbocycles. The molecule has 0 fully saturated rings. The van der Waals surface area contributed by atoms with Crippen molar-refractivity contribution in [2.45, 2.75) is 52.0 Å². The van der Waals surface area contributed by atoms with Crippen LogP contribution in [-0.4, -0.2) is 23.5 Å². The molecule has 0 saturated heterocycles. The molecule has 29 heavy (non-hydrogen) atoms. The maximum Gasteiger partial charge on any atom is 0.227 e. The predicted molar refractivity (Wildman–Crippen MR) is 120 cm³/mol. The summed E-state index contributed by atoms with van der Waals surface area (Å²) in [5.41, 5.74) is 6.20. The first-order valence-corrected chi connectivity index (χ1v) is 10.9. The lowest BCUT2D eigenvalue weighted by Crippen LogP contribution is -2.35. The smallest absolute Gasteiger partial charge is 0.227 e. The molecule has 152 valence electrons. The van der Waals surface area contributed by atoms with Crippen LogP contribution < -0.4 is 10.6 Å². The summed E-state index contributed by atoms with van der Waals surface area (Å²) in [6.07, 6.45) is 5.18. The van der Waals surface area contributed by atoms with Gasteiger partial charge in [-0.3, -0.25) is 4.79 Å². The second-order valence-corrected chi connectivity index (χ2v) is 8.27. The minimum atomic E-state index is 0.0315. The normalized spacial score (nSPS) is 17.1. The summed E-state index contributed by atoms with van der Waals surface area (Å²) >= 11 is 0. The Balaban J connectivity index is 1.44. The highest BCUT2D eigenvalue weighted by Crippen LogP contribution is 2.31. The average Bonchev–Trinajstić information content (AvgIpc) is 3.11. The van der Waals surface area contributed by atoms with E-state index in [2.05, 4.69) is 58.1 Å². The summed E-state index contributed by atoms with van der Waals surface area (Å²) < 4.78 is 0. The first-order valence-electron chi connectivity index (χ1n) is 10.9. The van der Waals surface area contributed by atoms with E-state index in [-0.39, 0.29) is 11.8 Å². The minimum absolute atomic E-state index is 0.0315. The molecule has 4 rings (SSSR count). The Bertz CT molecular complexity index is 976. The van der Waals surface area contributed by atoms with Crippen LogP contribution in [-0.2, 0) is 24.1 Å². The number of aromatic nitrogens is 1. The molecule has 0 bridgehead atoms. The molecule has 1 aromatic heterocycles. The second kappa shape index (κ2) is 8.83. The molecule has 4 heteroatoms. The second-order valence-electron chi connectivity index (χ2n) is 8.27. The number of fused-ring (bicyclic) bond motifs is 3. The van der Waals surface area contributed by atoms with Gasteiger partial charge in [-0.15, -0.1) is 0 Å². The van der Waals surface area contributed by atoms with Crippen molar-refractivity contribution in [1.29, 1.82) is 0 Å². The van der Waals surface area contributed by atoms with Crippen molar-refractivity contribution in [3.63, 3.8) is 0 Å². The molecule has 0 spiro atoms. The van der Waals surface area contributed by atoms with Gasteiger partial charge in [0.1, 0.15) is 0 Å². The number of aryl methyl sites for hydroxylation is 1. The maximum atomic E-state index is 12.3. The van der Waals surface area contributed by atoms with Gasteiger partial charge in [0.2, 0.25) is 5.91 Å². The number of nitrogens with one attached hydrogen (secondary N) is 3. The Labute approximate surface area is 173 Å². The molecule has 2 atom stereocenters. The van der Waals surface area contributed by atoms with Crippen LogP contribution in [0.25, 0.3) is 10.9 Å². The van der Waals surface area contributed by atoms with Crippen molar-refractivity contribution >= 4 is 22.5 Å². The number of hydrogen-bond acceptors (Lipinski definition) is 2. The lowest BCUT2D eigenvalue weighted by Gasteiger charge is -2.24. The fraction of sp³-hybridized carbons (Fsp3) is 0.400. The molecule has 4 nitrogen and oxygen atoms in total. The van der Waals surface area contributed by atoms with E-state index in [1.807, 2.05) is 19.9 Å². The van der Waals surface area contributed by atoms with E-state index in [0.717, 1.165) is 44.3 Å². The number of amides is 1. The quantitative estimate of drug-likeness (QED) is 0.541. The van der Waals surface area contributed by atoms with E-state index in [0.29, 0.717) is 6.04 Å². The largest absolute Gasteiger partial charge is 0.358 e. The Kier molecular flexibility index (Phi) is 6.00. The molecule has 2 unspecified atom stereocenters. The van der Waals surface area contributed by atoms with Gasteiger partial charge in [0.15, 0.2) is 0 Å². The van der Waals surface area contributed by atoms with Gasteiger partial charge < -0.3 is 15.6 Å². The highest BCUT2D eigenvalue weighted by Gasteiger charge is 2.22. The number of hydrogen-bond donors (Lipinski definition) is 3. The average molecular weight is 390 g/mol. The van der Waals surface area contributed by atoms with E-state index in [1.54, 1.807) is 0 Å². The zero-order valence-electron chi connectivity index (χ0n) is 17.4. The van der Waals surface area contributed by atoms with Crippen LogP contribution in [0.4, 0.5) is 5.69 Å². The molecular formula is C25H31N3O. The van der Waals surface area contributed by atoms with Crippen LogP contribution in [0.5, 0.6) is 0 Å². The van der Waals surface area contributed by atoms with Gasteiger partial charge in [0, 0.05) is 34.2 Å². The lowest BCUT2D eigenvalue weighted by atomic mass is 9.91. The van der Waals surface area contributed by atoms with Crippen LogP contribution >= 0.6 is 0 Å². The topological polar surface area (TPSA) is 56.9 Å². The highest BCUT2D eigenvalue weighted by atomic mass is 16.1. The van der Waals surface area contributed by atoms with Crippen LogP contribution in [0, 0.1) is 5.92 Å². The number of carbonyl (C=O) groups excluding carboxylic acids is 1. The van der Waals surface area contributed by atoms with Crippen LogP contribution in [0.2, 0.25) is 0 Å². The van der Waals surface area contributed by atoms with Crippen LogP contribution in [0.1, 0.15) is 43.5 Å². The van der Waals surface area contributed by atoms with E-state index in [4.69, 9.17) is 0 Å². The van der Waals surface area contributed by atoms with Crippen molar-refractivity contribution in [2.24, 2.45) is 5.92 Å². The number of carbonyl (C=O) groups is 1. The third kappa shape index (κ3) is 4.54. The number of H-pyrrole nitrogens is 1. The Morgan fingerprint density at radius 3 is 2.83 bits per heavy atom. The molecule has 3 N–H and O–H groups in total. The number of aromatic amines is 1. The molecule has 0 radical (unpaired) electrons. The van der Waals surface area contributed by atoms with Crippen molar-refractivity contribution in [3.8, 4) is 0 Å². The van der Waals surface area contributed by atoms with Crippen molar-refractivity contribution in [3.05, 3.63) is 65.4 Å². The Morgan fingerprint density at radius 1 is 1.21 bits per heavy atom. The van der Waals surface area contributed by atoms with Crippen LogP contribution in [0.15, 0.2) is 48.5 Å². The van der Waals surface area contributed by atoms with E-state index in [1.165, 1.54) is 27.7 Å². The Morgan fingerprint density at radius 2 is 2.03 bits per heavy atom. The minimum Gasteiger partial charge on any atom is -0.358 e. The van der Waals surface area contributed by atoms with Crippen molar-refractivity contribution in [1.82, 2.24) is 10.3 Å². The summed E-state index contributed by atoms with van der Waals surface area (Å²) in [5, 5.41) is 8.07. The van der Waals surface area contributed by atoms with Gasteiger partial charge in [-0.2, -0.15) is 0 Å². The SMILES string of the molecule is CCC(C)C(=O)Nc1ccc2[nH]c3c(c2c1)CC(NCCc1ccccc1)CC3. The summed E-state index contributed by atoms with van der Waals surface area (Å²) in [6.45, 7) is 5.02. The summed E-state index contributed by atoms with van der Waals surface area (Å²) in [5.74, 6) is 0.126. The lowest BCUT2D eigenvalue weighted by molar-refractivity contribution is -0.119. The summed E-state index contributed by atoms with van der Waals surface area (Å²) in [6, 6.07) is 17.4. The number of rotatable bonds is 7. The van der Waals surface area contributed by atoms with E-state index < -0.39 is 0 Å². The van der Waals surface area contributed by atoms with Gasteiger partial charge >= 0.3 is 0 Å². The molecule has 1 aliphatic carbocycles. The third-order valence-electron chi connectivity index (χ3n) is 6.20.